The molecule has 0 aromatic carbocycles. The van der Waals surface area contributed by atoms with Crippen molar-refractivity contribution in [3.05, 3.63) is 83.0 Å². The number of aryl methyl sites for hydroxylation is 1. The van der Waals surface area contributed by atoms with Gasteiger partial charge in [0, 0.05) is 31.6 Å². The molecule has 0 saturated carbocycles. The van der Waals surface area contributed by atoms with Gasteiger partial charge in [0.1, 0.15) is 7.05 Å². The smallest absolute Gasteiger partial charge is 0.169 e. The van der Waals surface area contributed by atoms with Crippen LogP contribution in [0.2, 0.25) is 0 Å². The Morgan fingerprint density at radius 3 is 2.25 bits per heavy atom. The molecule has 0 unspecified atom stereocenters. The number of allylic oxidation sites excluding steroid dienone is 8. The first-order valence-electron chi connectivity index (χ1n) is 8.45. The summed E-state index contributed by atoms with van der Waals surface area (Å²) in [5.41, 5.74) is 8.71. The van der Waals surface area contributed by atoms with Crippen molar-refractivity contribution < 1.29 is 28.5 Å². The number of hydrogen-bond donors (Lipinski definition) is 0. The fraction of sp³-hybridized carbons (Fsp3) is 0.286. The average molecular weight is 430 g/mol. The summed E-state index contributed by atoms with van der Waals surface area (Å²) >= 11 is 0. The van der Waals surface area contributed by atoms with Crippen molar-refractivity contribution >= 4 is 5.57 Å². The van der Waals surface area contributed by atoms with Crippen LogP contribution in [0.25, 0.3) is 5.57 Å². The topological polar surface area (TPSA) is 7.12 Å². The monoisotopic (exact) mass is 430 g/mol. The van der Waals surface area contributed by atoms with Crippen LogP contribution in [0.4, 0.5) is 0 Å². The SMILES string of the molecule is CN1C=CC(=C2C=C(c3cc[n+](C)cc3)C3=C2CCCC3)C=C1.[I-]. The zero-order valence-electron chi connectivity index (χ0n) is 14.3. The van der Waals surface area contributed by atoms with Crippen molar-refractivity contribution in [1.82, 2.24) is 4.90 Å². The molecule has 3 heteroatoms. The molecule has 1 aromatic heterocycles. The minimum absolute atomic E-state index is 0. The van der Waals surface area contributed by atoms with Gasteiger partial charge in [0.2, 0.25) is 0 Å². The highest BCUT2D eigenvalue weighted by atomic mass is 127. The largest absolute Gasteiger partial charge is 1.00 e. The van der Waals surface area contributed by atoms with Crippen LogP contribution >= 0.6 is 0 Å². The number of hydrogen-bond acceptors (Lipinski definition) is 1. The van der Waals surface area contributed by atoms with Crippen LogP contribution in [0.1, 0.15) is 31.2 Å². The molecular formula is C21H23IN2. The third-order valence-electron chi connectivity index (χ3n) is 4.99. The fourth-order valence-electron chi connectivity index (χ4n) is 3.69. The zero-order valence-corrected chi connectivity index (χ0v) is 16.5. The normalized spacial score (nSPS) is 19.4. The van der Waals surface area contributed by atoms with Crippen molar-refractivity contribution in [3.63, 3.8) is 0 Å². The Balaban J connectivity index is 0.00000169. The van der Waals surface area contributed by atoms with Crippen molar-refractivity contribution in [1.29, 1.82) is 0 Å². The van der Waals surface area contributed by atoms with Gasteiger partial charge in [0.25, 0.3) is 0 Å². The van der Waals surface area contributed by atoms with Gasteiger partial charge in [-0.1, -0.05) is 0 Å². The number of nitrogens with zero attached hydrogens (tertiary/aromatic N) is 2. The second-order valence-corrected chi connectivity index (χ2v) is 6.64. The Bertz CT molecular complexity index is 776. The third kappa shape index (κ3) is 3.14. The van der Waals surface area contributed by atoms with E-state index in [1.54, 1.807) is 11.1 Å². The Morgan fingerprint density at radius 2 is 1.58 bits per heavy atom. The quantitative estimate of drug-likeness (QED) is 0.478. The maximum Gasteiger partial charge on any atom is 0.169 e. The summed E-state index contributed by atoms with van der Waals surface area (Å²) in [5.74, 6) is 0. The van der Waals surface area contributed by atoms with Crippen LogP contribution in [0, 0.1) is 0 Å². The molecule has 24 heavy (non-hydrogen) atoms. The molecule has 0 fully saturated rings. The van der Waals surface area contributed by atoms with E-state index in [-0.39, 0.29) is 24.0 Å². The van der Waals surface area contributed by atoms with E-state index in [0.717, 1.165) is 0 Å². The van der Waals surface area contributed by atoms with Gasteiger partial charge in [-0.05, 0) is 77.3 Å². The lowest BCUT2D eigenvalue weighted by Crippen LogP contribution is -3.00. The molecule has 0 N–H and O–H groups in total. The van der Waals surface area contributed by atoms with Gasteiger partial charge in [-0.2, -0.15) is 0 Å². The summed E-state index contributed by atoms with van der Waals surface area (Å²) in [6.45, 7) is 0. The van der Waals surface area contributed by atoms with Crippen LogP contribution < -0.4 is 28.5 Å². The van der Waals surface area contributed by atoms with Crippen LogP contribution in [-0.2, 0) is 7.05 Å². The summed E-state index contributed by atoms with van der Waals surface area (Å²) < 4.78 is 2.09. The Labute approximate surface area is 161 Å². The van der Waals surface area contributed by atoms with E-state index in [0.29, 0.717) is 0 Å². The van der Waals surface area contributed by atoms with Crippen molar-refractivity contribution in [3.8, 4) is 0 Å². The summed E-state index contributed by atoms with van der Waals surface area (Å²) in [5, 5.41) is 0. The first-order valence-corrected chi connectivity index (χ1v) is 8.45. The Kier molecular flexibility index (Phi) is 5.09. The average Bonchev–Trinajstić information content (AvgIpc) is 2.96. The summed E-state index contributed by atoms with van der Waals surface area (Å²) in [4.78, 5) is 2.09. The number of halogens is 1. The number of aromatic nitrogens is 1. The molecule has 2 aliphatic carbocycles. The molecule has 124 valence electrons. The minimum Gasteiger partial charge on any atom is -1.00 e. The molecule has 0 radical (unpaired) electrons. The third-order valence-corrected chi connectivity index (χ3v) is 4.99. The highest BCUT2D eigenvalue weighted by molar-refractivity contribution is 5.89. The number of pyridine rings is 1. The van der Waals surface area contributed by atoms with Gasteiger partial charge in [-0.15, -0.1) is 0 Å². The molecular weight excluding hydrogens is 407 g/mol. The minimum atomic E-state index is 0. The highest BCUT2D eigenvalue weighted by Gasteiger charge is 2.26. The molecule has 0 spiro atoms. The summed E-state index contributed by atoms with van der Waals surface area (Å²) in [6.07, 6.45) is 20.5. The van der Waals surface area contributed by atoms with E-state index >= 15 is 0 Å². The van der Waals surface area contributed by atoms with Gasteiger partial charge in [0.05, 0.1) is 0 Å². The van der Waals surface area contributed by atoms with E-state index in [9.17, 15) is 0 Å². The van der Waals surface area contributed by atoms with Gasteiger partial charge >= 0.3 is 0 Å². The Hall–Kier alpha value is -1.62. The zero-order chi connectivity index (χ0) is 15.8. The molecule has 1 aliphatic heterocycles. The summed E-state index contributed by atoms with van der Waals surface area (Å²) in [7, 11) is 4.14. The molecule has 2 heterocycles. The molecule has 3 aliphatic rings. The molecule has 0 saturated heterocycles. The van der Waals surface area contributed by atoms with E-state index in [2.05, 4.69) is 78.7 Å². The predicted molar refractivity (Wildman–Crippen MR) is 94.2 cm³/mol. The molecule has 1 aromatic rings. The van der Waals surface area contributed by atoms with E-state index in [4.69, 9.17) is 0 Å². The fourth-order valence-corrected chi connectivity index (χ4v) is 3.69. The van der Waals surface area contributed by atoms with E-state index < -0.39 is 0 Å². The predicted octanol–water partition coefficient (Wildman–Crippen LogP) is 1.05. The number of rotatable bonds is 1. The van der Waals surface area contributed by atoms with Crippen LogP contribution in [-0.4, -0.2) is 11.9 Å². The lowest BCUT2D eigenvalue weighted by Gasteiger charge is -2.19. The van der Waals surface area contributed by atoms with E-state index in [1.807, 2.05) is 0 Å². The molecule has 0 amide bonds. The van der Waals surface area contributed by atoms with Gasteiger partial charge in [-0.3, -0.25) is 0 Å². The lowest BCUT2D eigenvalue weighted by atomic mass is 9.87. The van der Waals surface area contributed by atoms with Crippen molar-refractivity contribution in [2.24, 2.45) is 7.05 Å². The van der Waals surface area contributed by atoms with Crippen molar-refractivity contribution in [2.75, 3.05) is 7.05 Å². The Morgan fingerprint density at radius 1 is 0.958 bits per heavy atom. The van der Waals surface area contributed by atoms with Crippen LogP contribution in [0.15, 0.2) is 77.4 Å². The highest BCUT2D eigenvalue weighted by Crippen LogP contribution is 2.45. The lowest BCUT2D eigenvalue weighted by molar-refractivity contribution is -0.671. The van der Waals surface area contributed by atoms with Crippen LogP contribution in [0.5, 0.6) is 0 Å². The maximum absolute atomic E-state index is 2.42. The molecule has 0 bridgehead atoms. The second-order valence-electron chi connectivity index (χ2n) is 6.64. The molecule has 0 atom stereocenters. The van der Waals surface area contributed by atoms with Crippen LogP contribution in [0.3, 0.4) is 0 Å². The van der Waals surface area contributed by atoms with E-state index in [1.165, 1.54) is 48.0 Å². The second kappa shape index (κ2) is 7.09. The first-order chi connectivity index (χ1) is 11.2. The van der Waals surface area contributed by atoms with Gasteiger partial charge in [-0.25, -0.2) is 4.57 Å². The standard InChI is InChI=1S/C21H23N2.HI/c1-22-11-7-16(8-12-22)20-15-21(17-9-13-23(2)14-10-17)19-6-4-3-5-18(19)20;/h7-15H,3-6H2,1-2H3;1H/q+1;/p-1. The van der Waals surface area contributed by atoms with Gasteiger partial charge in [0.15, 0.2) is 12.4 Å². The maximum atomic E-state index is 2.42. The van der Waals surface area contributed by atoms with Crippen molar-refractivity contribution in [2.45, 2.75) is 25.7 Å². The summed E-state index contributed by atoms with van der Waals surface area (Å²) in [6, 6.07) is 4.47. The van der Waals surface area contributed by atoms with Gasteiger partial charge < -0.3 is 28.9 Å². The molecule has 2 nitrogen and oxygen atoms in total. The molecule has 4 rings (SSSR count). The first kappa shape index (κ1) is 17.2.